The summed E-state index contributed by atoms with van der Waals surface area (Å²) >= 11 is 0. The Balaban J connectivity index is 1.71. The van der Waals surface area contributed by atoms with Gasteiger partial charge in [0.05, 0.1) is 11.5 Å². The Kier molecular flexibility index (Phi) is 8.48. The molecular weight excluding hydrogens is 394 g/mol. The molecule has 0 aliphatic heterocycles. The fraction of sp³-hybridized carbons (Fsp3) is 0.381. The van der Waals surface area contributed by atoms with Gasteiger partial charge in [-0.2, -0.15) is 4.72 Å². The molecule has 0 heterocycles. The van der Waals surface area contributed by atoms with Crippen LogP contribution in [0.2, 0.25) is 0 Å². The molecule has 0 atom stereocenters. The third-order valence-corrected chi connectivity index (χ3v) is 5.51. The Bertz CT molecular complexity index is 909. The van der Waals surface area contributed by atoms with Gasteiger partial charge in [-0.05, 0) is 67.8 Å². The molecule has 0 aliphatic rings. The minimum absolute atomic E-state index is 0.0122. The minimum Gasteiger partial charge on any atom is -0.494 e. The lowest BCUT2D eigenvalue weighted by atomic mass is 10.1. The first kappa shape index (κ1) is 22.7. The number of esters is 1. The second kappa shape index (κ2) is 10.8. The second-order valence-corrected chi connectivity index (χ2v) is 8.23. The summed E-state index contributed by atoms with van der Waals surface area (Å²) in [6.07, 6.45) is 0.935. The molecule has 2 aromatic rings. The standard InChI is InChI=1S/C21H27NO6S/c1-4-11-26-18-6-8-19(9-7-18)27-12-13-28-21(23)15-22-29(24,25)20-10-5-16(2)17(3)14-20/h5-10,14,22H,4,11-13,15H2,1-3H3. The van der Waals surface area contributed by atoms with Crippen molar-refractivity contribution in [3.8, 4) is 11.5 Å². The van der Waals surface area contributed by atoms with Gasteiger partial charge < -0.3 is 14.2 Å². The zero-order valence-electron chi connectivity index (χ0n) is 16.9. The highest BCUT2D eigenvalue weighted by molar-refractivity contribution is 7.89. The summed E-state index contributed by atoms with van der Waals surface area (Å²) in [4.78, 5) is 11.9. The third-order valence-electron chi connectivity index (χ3n) is 4.11. The molecule has 1 N–H and O–H groups in total. The molecule has 8 heteroatoms. The first-order valence-electron chi connectivity index (χ1n) is 9.40. The van der Waals surface area contributed by atoms with E-state index in [1.807, 2.05) is 20.8 Å². The van der Waals surface area contributed by atoms with Crippen molar-refractivity contribution in [3.05, 3.63) is 53.6 Å². The van der Waals surface area contributed by atoms with E-state index in [0.717, 1.165) is 23.3 Å². The Hall–Kier alpha value is -2.58. The van der Waals surface area contributed by atoms with E-state index >= 15 is 0 Å². The predicted octanol–water partition coefficient (Wildman–Crippen LogP) is 2.99. The largest absolute Gasteiger partial charge is 0.494 e. The molecule has 0 spiro atoms. The van der Waals surface area contributed by atoms with Crippen molar-refractivity contribution < 1.29 is 27.4 Å². The SMILES string of the molecule is CCCOc1ccc(OCCOC(=O)CNS(=O)(=O)c2ccc(C)c(C)c2)cc1. The van der Waals surface area contributed by atoms with E-state index in [9.17, 15) is 13.2 Å². The summed E-state index contributed by atoms with van der Waals surface area (Å²) in [6, 6.07) is 11.9. The molecule has 29 heavy (non-hydrogen) atoms. The van der Waals surface area contributed by atoms with Gasteiger partial charge in [0.2, 0.25) is 10.0 Å². The molecule has 0 fully saturated rings. The first-order chi connectivity index (χ1) is 13.8. The van der Waals surface area contributed by atoms with Crippen LogP contribution in [-0.4, -0.2) is 40.8 Å². The smallest absolute Gasteiger partial charge is 0.321 e. The van der Waals surface area contributed by atoms with Gasteiger partial charge in [0.25, 0.3) is 0 Å². The van der Waals surface area contributed by atoms with Crippen molar-refractivity contribution in [2.75, 3.05) is 26.4 Å². The van der Waals surface area contributed by atoms with Crippen molar-refractivity contribution >= 4 is 16.0 Å². The number of hydrogen-bond donors (Lipinski definition) is 1. The molecule has 0 amide bonds. The third kappa shape index (κ3) is 7.40. The highest BCUT2D eigenvalue weighted by Gasteiger charge is 2.16. The lowest BCUT2D eigenvalue weighted by molar-refractivity contribution is -0.142. The topological polar surface area (TPSA) is 90.9 Å². The molecule has 0 saturated heterocycles. The van der Waals surface area contributed by atoms with Crippen LogP contribution in [0.15, 0.2) is 47.4 Å². The maximum atomic E-state index is 12.3. The van der Waals surface area contributed by atoms with Gasteiger partial charge in [0.15, 0.2) is 0 Å². The summed E-state index contributed by atoms with van der Waals surface area (Å²) in [5.74, 6) is 0.714. The van der Waals surface area contributed by atoms with Gasteiger partial charge in [-0.15, -0.1) is 0 Å². The quantitative estimate of drug-likeness (QED) is 0.443. The number of nitrogens with one attached hydrogen (secondary N) is 1. The number of benzene rings is 2. The van der Waals surface area contributed by atoms with Gasteiger partial charge in [-0.3, -0.25) is 4.79 Å². The monoisotopic (exact) mass is 421 g/mol. The van der Waals surface area contributed by atoms with Crippen LogP contribution in [0.4, 0.5) is 0 Å². The first-order valence-corrected chi connectivity index (χ1v) is 10.9. The van der Waals surface area contributed by atoms with E-state index < -0.39 is 22.5 Å². The van der Waals surface area contributed by atoms with Crippen LogP contribution >= 0.6 is 0 Å². The summed E-state index contributed by atoms with van der Waals surface area (Å²) in [6.45, 7) is 6.14. The van der Waals surface area contributed by atoms with Gasteiger partial charge in [-0.25, -0.2) is 8.42 Å². The van der Waals surface area contributed by atoms with Crippen LogP contribution in [-0.2, 0) is 19.6 Å². The molecule has 2 rings (SSSR count). The van der Waals surface area contributed by atoms with Crippen LogP contribution in [0.5, 0.6) is 11.5 Å². The summed E-state index contributed by atoms with van der Waals surface area (Å²) in [5, 5.41) is 0. The van der Waals surface area contributed by atoms with E-state index in [1.165, 1.54) is 6.07 Å². The maximum absolute atomic E-state index is 12.3. The highest BCUT2D eigenvalue weighted by Crippen LogP contribution is 2.17. The van der Waals surface area contributed by atoms with E-state index in [-0.39, 0.29) is 18.1 Å². The average Bonchev–Trinajstić information content (AvgIpc) is 2.71. The summed E-state index contributed by atoms with van der Waals surface area (Å²) in [5.41, 5.74) is 1.85. The predicted molar refractivity (Wildman–Crippen MR) is 110 cm³/mol. The van der Waals surface area contributed by atoms with E-state index in [2.05, 4.69) is 4.72 Å². The van der Waals surface area contributed by atoms with Crippen LogP contribution in [0.3, 0.4) is 0 Å². The van der Waals surface area contributed by atoms with Crippen LogP contribution in [0.25, 0.3) is 0 Å². The van der Waals surface area contributed by atoms with Crippen molar-refractivity contribution in [2.45, 2.75) is 32.1 Å². The van der Waals surface area contributed by atoms with Gasteiger partial charge in [-0.1, -0.05) is 13.0 Å². The molecule has 0 unspecified atom stereocenters. The molecule has 0 radical (unpaired) electrons. The number of aryl methyl sites for hydroxylation is 2. The lowest BCUT2D eigenvalue weighted by Gasteiger charge is -2.10. The second-order valence-electron chi connectivity index (χ2n) is 6.46. The van der Waals surface area contributed by atoms with Gasteiger partial charge in [0, 0.05) is 0 Å². The number of rotatable bonds is 11. The zero-order chi connectivity index (χ0) is 21.3. The maximum Gasteiger partial charge on any atom is 0.321 e. The lowest BCUT2D eigenvalue weighted by Crippen LogP contribution is -2.31. The summed E-state index contributed by atoms with van der Waals surface area (Å²) in [7, 11) is -3.77. The molecule has 0 aromatic heterocycles. The van der Waals surface area contributed by atoms with Crippen LogP contribution in [0, 0.1) is 13.8 Å². The van der Waals surface area contributed by atoms with Gasteiger partial charge >= 0.3 is 5.97 Å². The molecule has 0 bridgehead atoms. The molecule has 2 aromatic carbocycles. The number of hydrogen-bond acceptors (Lipinski definition) is 6. The summed E-state index contributed by atoms with van der Waals surface area (Å²) < 4.78 is 42.7. The number of carbonyl (C=O) groups excluding carboxylic acids is 1. The van der Waals surface area contributed by atoms with Gasteiger partial charge in [0.1, 0.15) is 31.3 Å². The number of carbonyl (C=O) groups is 1. The van der Waals surface area contributed by atoms with Crippen molar-refractivity contribution in [1.82, 2.24) is 4.72 Å². The Morgan fingerprint density at radius 3 is 2.10 bits per heavy atom. The molecule has 158 valence electrons. The molecular formula is C21H27NO6S. The highest BCUT2D eigenvalue weighted by atomic mass is 32.2. The Morgan fingerprint density at radius 1 is 0.897 bits per heavy atom. The number of ether oxygens (including phenoxy) is 3. The van der Waals surface area contributed by atoms with E-state index in [1.54, 1.807) is 36.4 Å². The molecule has 0 saturated carbocycles. The van der Waals surface area contributed by atoms with Crippen LogP contribution < -0.4 is 14.2 Å². The van der Waals surface area contributed by atoms with E-state index in [4.69, 9.17) is 14.2 Å². The minimum atomic E-state index is -3.77. The normalized spacial score (nSPS) is 11.1. The fourth-order valence-electron chi connectivity index (χ4n) is 2.34. The van der Waals surface area contributed by atoms with E-state index in [0.29, 0.717) is 12.4 Å². The Morgan fingerprint density at radius 2 is 1.52 bits per heavy atom. The zero-order valence-corrected chi connectivity index (χ0v) is 17.8. The van der Waals surface area contributed by atoms with Crippen molar-refractivity contribution in [3.63, 3.8) is 0 Å². The van der Waals surface area contributed by atoms with Crippen molar-refractivity contribution in [2.24, 2.45) is 0 Å². The van der Waals surface area contributed by atoms with Crippen molar-refractivity contribution in [1.29, 1.82) is 0 Å². The Labute approximate surface area is 172 Å². The average molecular weight is 422 g/mol. The number of sulfonamides is 1. The fourth-order valence-corrected chi connectivity index (χ4v) is 3.39. The van der Waals surface area contributed by atoms with Crippen LogP contribution in [0.1, 0.15) is 24.5 Å². The molecule has 0 aliphatic carbocycles. The molecule has 7 nitrogen and oxygen atoms in total.